The van der Waals surface area contributed by atoms with Gasteiger partial charge in [0.15, 0.2) is 0 Å². The van der Waals surface area contributed by atoms with Gasteiger partial charge in [-0.15, -0.1) is 0 Å². The Morgan fingerprint density at radius 3 is 1.45 bits per heavy atom. The standard InChI is InChI=1S/C79H104N16O22/c1-40(2)31-54(87-69(106)52(80)27-28-63(81)100)72(109)90-58(36-65(102)103)71(108)85-43(6)68(105)91-59(34-46-19-25-50(99)26-20-46)77(114)94-29-9-13-61(94)76(113)92-60(39-96)70(107)83-38-64(101)84-42(5)67(104)86-57(35-47-37-82-53-12-8-7-11-51(47)53)74(111)88-55(32-44-15-21-48(97)22-16-44)73(110)89-56(33-45-17-23-49(98)24-18-45)75(112)93-66(41(3)4)78(115)95-30-10-14-62(95)79(116)117/h7-8,11-12,15-26,37,40-43,52,54-62,66,82,96-99H,9-10,13-14,27-36,38-39,80H2,1-6H3,(H2,81,100)(H,83,107)(H,84,101)(H,85,108)(H,86,104)(H,87,106)(H,88,111)(H,89,110)(H,90,109)(H,91,105)(H,92,113)(H,93,112)(H,102,103)(H,116,117)/t42-,43-,52-,54-,55-,56-,57-,58-,59-,60-,61-,62-,66-/m0/s1. The van der Waals surface area contributed by atoms with Crippen LogP contribution in [0.1, 0.15) is 115 Å². The number of phenolic OH excluding ortho intramolecular Hbond substituents is 3. The fourth-order valence-corrected chi connectivity index (χ4v) is 13.4. The molecule has 38 nitrogen and oxygen atoms in total. The number of nitrogens with zero attached hydrogens (tertiary/aromatic N) is 2. The van der Waals surface area contributed by atoms with E-state index in [0.29, 0.717) is 39.6 Å². The van der Waals surface area contributed by atoms with E-state index in [1.807, 2.05) is 0 Å². The van der Waals surface area contributed by atoms with Crippen LogP contribution < -0.4 is 70.0 Å². The van der Waals surface area contributed by atoms with Gasteiger partial charge in [-0.1, -0.05) is 82.3 Å². The molecule has 2 aliphatic rings. The molecule has 0 bridgehead atoms. The van der Waals surface area contributed by atoms with Crippen LogP contribution in [0.5, 0.6) is 17.2 Å². The van der Waals surface area contributed by atoms with Crippen molar-refractivity contribution in [1.82, 2.24) is 73.3 Å². The Morgan fingerprint density at radius 2 is 0.940 bits per heavy atom. The van der Waals surface area contributed by atoms with E-state index >= 15 is 0 Å². The Labute approximate surface area is 672 Å². The fraction of sp³-hybridized carbons (Fsp3) is 0.468. The van der Waals surface area contributed by atoms with Crippen LogP contribution in [0.2, 0.25) is 0 Å². The number of rotatable bonds is 42. The summed E-state index contributed by atoms with van der Waals surface area (Å²) in [5, 5.41) is 88.7. The lowest BCUT2D eigenvalue weighted by molar-refractivity contribution is -0.150. The number of aliphatic carboxylic acids is 2. The van der Waals surface area contributed by atoms with Crippen LogP contribution >= 0.6 is 0 Å². The molecule has 38 heteroatoms. The predicted molar refractivity (Wildman–Crippen MR) is 418 cm³/mol. The second kappa shape index (κ2) is 43.1. The van der Waals surface area contributed by atoms with Gasteiger partial charge in [-0.2, -0.15) is 0 Å². The maximum Gasteiger partial charge on any atom is 0.326 e. The van der Waals surface area contributed by atoms with Crippen LogP contribution in [0.4, 0.5) is 0 Å². The second-order valence-electron chi connectivity index (χ2n) is 29.8. The highest BCUT2D eigenvalue weighted by Gasteiger charge is 2.43. The number of likely N-dealkylation sites (tertiary alicyclic amines) is 2. The first-order chi connectivity index (χ1) is 55.4. The first-order valence-corrected chi connectivity index (χ1v) is 38.3. The summed E-state index contributed by atoms with van der Waals surface area (Å²) in [5.41, 5.74) is 13.5. The molecule has 13 atom stereocenters. The van der Waals surface area contributed by atoms with Crippen LogP contribution in [0.25, 0.3) is 10.9 Å². The summed E-state index contributed by atoms with van der Waals surface area (Å²) in [5.74, 6) is -16.9. The van der Waals surface area contributed by atoms with E-state index in [1.54, 1.807) is 58.2 Å². The zero-order chi connectivity index (χ0) is 86.1. The molecule has 0 aliphatic carbocycles. The number of nitrogens with one attached hydrogen (secondary N) is 12. The molecule has 2 saturated heterocycles. The topological polar surface area (TPSA) is 601 Å². The van der Waals surface area contributed by atoms with Gasteiger partial charge in [0.1, 0.15) is 89.8 Å². The minimum atomic E-state index is -1.84. The molecule has 0 unspecified atom stereocenters. The van der Waals surface area contributed by atoms with Gasteiger partial charge >= 0.3 is 11.9 Å². The quantitative estimate of drug-likeness (QED) is 0.0190. The fourth-order valence-electron chi connectivity index (χ4n) is 13.4. The molecular weight excluding hydrogens is 1520 g/mol. The van der Waals surface area contributed by atoms with Crippen LogP contribution in [0.3, 0.4) is 0 Å². The number of aromatic nitrogens is 1. The Balaban J connectivity index is 1.01. The van der Waals surface area contributed by atoms with E-state index in [1.165, 1.54) is 91.5 Å². The minimum Gasteiger partial charge on any atom is -0.508 e. The Kier molecular flexibility index (Phi) is 33.7. The smallest absolute Gasteiger partial charge is 0.326 e. The van der Waals surface area contributed by atoms with E-state index < -0.39 is 199 Å². The SMILES string of the molecule is CC(C)C[C@H](NC(=O)[C@@H](N)CCC(N)=O)C(=O)N[C@@H](CC(=O)O)C(=O)N[C@@H](C)C(=O)N[C@@H](Cc1ccc(O)cc1)C(=O)N1CCC[C@H]1C(=O)N[C@@H](CO)C(=O)NCC(=O)N[C@@H](C)C(=O)N[C@@H](Cc1c[nH]c2ccccc12)C(=O)N[C@@H](Cc1ccc(O)cc1)C(=O)N[C@@H](Cc1ccc(O)cc1)C(=O)N[C@H](C(=O)N1CCC[C@H]1C(=O)O)C(C)C. The third-order valence-electron chi connectivity index (χ3n) is 19.8. The number of hydrogen-bond donors (Lipinski definition) is 20. The number of carboxylic acid groups (broad SMARTS) is 2. The van der Waals surface area contributed by atoms with Crippen LogP contribution in [0, 0.1) is 11.8 Å². The van der Waals surface area contributed by atoms with Gasteiger partial charge in [-0.25, -0.2) is 4.79 Å². The molecule has 2 aliphatic heterocycles. The monoisotopic (exact) mass is 1630 g/mol. The van der Waals surface area contributed by atoms with Crippen molar-refractivity contribution in [2.45, 2.75) is 197 Å². The van der Waals surface area contributed by atoms with E-state index in [4.69, 9.17) is 11.5 Å². The van der Waals surface area contributed by atoms with Gasteiger partial charge in [0, 0.05) is 62.3 Å². The molecule has 3 heterocycles. The molecule has 0 radical (unpaired) electrons. The largest absolute Gasteiger partial charge is 0.508 e. The second-order valence-corrected chi connectivity index (χ2v) is 29.8. The molecule has 5 aromatic rings. The third kappa shape index (κ3) is 27.2. The molecular formula is C79H104N16O22. The zero-order valence-corrected chi connectivity index (χ0v) is 65.6. The summed E-state index contributed by atoms with van der Waals surface area (Å²) in [6, 6.07) is 4.75. The molecule has 632 valence electrons. The van der Waals surface area contributed by atoms with Crippen molar-refractivity contribution in [2.24, 2.45) is 23.3 Å². The van der Waals surface area contributed by atoms with Crippen molar-refractivity contribution in [1.29, 1.82) is 0 Å². The predicted octanol–water partition coefficient (Wildman–Crippen LogP) is -2.61. The molecule has 2 fully saturated rings. The summed E-state index contributed by atoms with van der Waals surface area (Å²) in [6.07, 6.45) is -0.0164. The number of aliphatic hydroxyl groups excluding tert-OH is 1. The average Bonchev–Trinajstić information content (AvgIpc) is 1.72. The number of aliphatic hydroxyl groups is 1. The number of primary amides is 1. The number of hydrogen-bond acceptors (Lipinski definition) is 21. The van der Waals surface area contributed by atoms with Crippen molar-refractivity contribution >= 4 is 106 Å². The lowest BCUT2D eigenvalue weighted by Gasteiger charge is -2.31. The third-order valence-corrected chi connectivity index (χ3v) is 19.8. The molecule has 0 saturated carbocycles. The number of carboxylic acids is 2. The Bertz CT molecular complexity index is 4410. The average molecular weight is 1630 g/mol. The van der Waals surface area contributed by atoms with E-state index in [9.17, 15) is 107 Å². The number of phenols is 3. The summed E-state index contributed by atoms with van der Waals surface area (Å²) >= 11 is 0. The molecule has 7 rings (SSSR count). The molecule has 0 spiro atoms. The number of H-pyrrole nitrogens is 1. The molecule has 4 aromatic carbocycles. The van der Waals surface area contributed by atoms with Crippen molar-refractivity contribution in [2.75, 3.05) is 26.2 Å². The molecule has 1 aromatic heterocycles. The summed E-state index contributed by atoms with van der Waals surface area (Å²) in [7, 11) is 0. The summed E-state index contributed by atoms with van der Waals surface area (Å²) in [6.45, 7) is 7.30. The number of nitrogens with two attached hydrogens (primary N) is 2. The molecule has 22 N–H and O–H groups in total. The zero-order valence-electron chi connectivity index (χ0n) is 65.6. The summed E-state index contributed by atoms with van der Waals surface area (Å²) < 4.78 is 0. The van der Waals surface area contributed by atoms with Gasteiger partial charge < -0.3 is 115 Å². The number of carbonyl (C=O) groups excluding carboxylic acids is 14. The van der Waals surface area contributed by atoms with Gasteiger partial charge in [0.05, 0.1) is 25.6 Å². The van der Waals surface area contributed by atoms with E-state index in [-0.39, 0.29) is 100 Å². The first-order valence-electron chi connectivity index (χ1n) is 38.3. The molecule has 14 amide bonds. The van der Waals surface area contributed by atoms with Gasteiger partial charge in [0.2, 0.25) is 82.7 Å². The highest BCUT2D eigenvalue weighted by atomic mass is 16.4. The van der Waals surface area contributed by atoms with Crippen molar-refractivity contribution in [3.8, 4) is 17.2 Å². The van der Waals surface area contributed by atoms with E-state index in [0.717, 1.165) is 4.90 Å². The minimum absolute atomic E-state index is 0.000250. The van der Waals surface area contributed by atoms with Crippen molar-refractivity contribution in [3.63, 3.8) is 0 Å². The van der Waals surface area contributed by atoms with Crippen LogP contribution in [-0.2, 0) is 102 Å². The van der Waals surface area contributed by atoms with Gasteiger partial charge in [0.25, 0.3) is 0 Å². The van der Waals surface area contributed by atoms with Crippen LogP contribution in [-0.4, -0.2) is 245 Å². The first kappa shape index (κ1) is 91.4. The maximum atomic E-state index is 15.0. The van der Waals surface area contributed by atoms with Gasteiger partial charge in [-0.05, 0) is 129 Å². The number of amides is 14. The van der Waals surface area contributed by atoms with Gasteiger partial charge in [-0.3, -0.25) is 71.9 Å². The number of para-hydroxylation sites is 1. The summed E-state index contributed by atoms with van der Waals surface area (Å²) in [4.78, 5) is 224. The highest BCUT2D eigenvalue weighted by Crippen LogP contribution is 2.25. The number of benzene rings is 4. The number of carbonyl (C=O) groups is 16. The number of aromatic amines is 1. The maximum absolute atomic E-state index is 15.0. The Hall–Kier alpha value is -12.7. The Morgan fingerprint density at radius 1 is 0.487 bits per heavy atom. The molecule has 117 heavy (non-hydrogen) atoms. The highest BCUT2D eigenvalue weighted by molar-refractivity contribution is 6.01. The van der Waals surface area contributed by atoms with Crippen LogP contribution in [0.15, 0.2) is 103 Å². The lowest BCUT2D eigenvalue weighted by Crippen LogP contribution is -2.61. The number of fused-ring (bicyclic) bond motifs is 1. The van der Waals surface area contributed by atoms with Crippen molar-refractivity contribution in [3.05, 3.63) is 126 Å². The normalized spacial score (nSPS) is 16.7. The van der Waals surface area contributed by atoms with Crippen molar-refractivity contribution < 1.29 is 107 Å². The lowest BCUT2D eigenvalue weighted by atomic mass is 9.99. The van der Waals surface area contributed by atoms with E-state index in [2.05, 4.69) is 63.5 Å². The number of aromatic hydroxyl groups is 3.